The van der Waals surface area contributed by atoms with E-state index in [0.717, 1.165) is 19.4 Å². The third-order valence-electron chi connectivity index (χ3n) is 4.67. The molecule has 0 atom stereocenters. The predicted molar refractivity (Wildman–Crippen MR) is 83.2 cm³/mol. The van der Waals surface area contributed by atoms with Crippen molar-refractivity contribution in [3.05, 3.63) is 0 Å². The maximum atomic E-state index is 12.0. The van der Waals surface area contributed by atoms with Gasteiger partial charge in [-0.2, -0.15) is 0 Å². The molecule has 2 rings (SSSR count). The van der Waals surface area contributed by atoms with Crippen LogP contribution in [0.5, 0.6) is 0 Å². The van der Waals surface area contributed by atoms with E-state index in [9.17, 15) is 8.42 Å². The topological polar surface area (TPSA) is 58.2 Å². The molecular weight excluding hydrogens is 272 g/mol. The van der Waals surface area contributed by atoms with Crippen LogP contribution in [-0.2, 0) is 10.0 Å². The Morgan fingerprint density at radius 2 is 1.40 bits per heavy atom. The van der Waals surface area contributed by atoms with Gasteiger partial charge in [-0.05, 0) is 31.6 Å². The smallest absolute Gasteiger partial charge is 0.211 e. The molecule has 0 aromatic heterocycles. The summed E-state index contributed by atoms with van der Waals surface area (Å²) in [6.45, 7) is 1.29. The number of hydrogen-bond donors (Lipinski definition) is 2. The Hall–Kier alpha value is -0.130. The van der Waals surface area contributed by atoms with Gasteiger partial charge in [0.1, 0.15) is 0 Å². The second-order valence-corrected chi connectivity index (χ2v) is 8.32. The highest BCUT2D eigenvalue weighted by molar-refractivity contribution is 7.89. The molecule has 0 radical (unpaired) electrons. The van der Waals surface area contributed by atoms with E-state index >= 15 is 0 Å². The van der Waals surface area contributed by atoms with E-state index in [1.54, 1.807) is 0 Å². The zero-order valence-corrected chi connectivity index (χ0v) is 13.4. The summed E-state index contributed by atoms with van der Waals surface area (Å²) < 4.78 is 26.7. The molecule has 0 saturated heterocycles. The van der Waals surface area contributed by atoms with Crippen LogP contribution >= 0.6 is 0 Å². The second-order valence-electron chi connectivity index (χ2n) is 6.47. The third kappa shape index (κ3) is 6.10. The van der Waals surface area contributed by atoms with Crippen molar-refractivity contribution in [3.8, 4) is 0 Å². The Kier molecular flexibility index (Phi) is 6.78. The lowest BCUT2D eigenvalue weighted by molar-refractivity contribution is 0.460. The first-order valence-electron chi connectivity index (χ1n) is 8.36. The quantitative estimate of drug-likeness (QED) is 0.561. The Morgan fingerprint density at radius 1 is 0.800 bits per heavy atom. The van der Waals surface area contributed by atoms with Crippen LogP contribution in [0, 0.1) is 5.92 Å². The molecule has 2 aliphatic carbocycles. The standard InChI is InChI=1S/C15H30N2O2S/c18-20(19,13-14-7-5-6-8-14)17-12-11-16-15-9-3-1-2-4-10-15/h14-17H,1-13H2. The highest BCUT2D eigenvalue weighted by atomic mass is 32.2. The summed E-state index contributed by atoms with van der Waals surface area (Å²) in [4.78, 5) is 0. The molecule has 20 heavy (non-hydrogen) atoms. The lowest BCUT2D eigenvalue weighted by atomic mass is 10.1. The van der Waals surface area contributed by atoms with Crippen molar-refractivity contribution in [1.82, 2.24) is 10.0 Å². The molecule has 0 bridgehead atoms. The molecular formula is C15H30N2O2S. The van der Waals surface area contributed by atoms with Crippen LogP contribution in [0.4, 0.5) is 0 Å². The molecule has 0 aromatic rings. The van der Waals surface area contributed by atoms with E-state index in [1.807, 2.05) is 0 Å². The van der Waals surface area contributed by atoms with Crippen LogP contribution < -0.4 is 10.0 Å². The molecule has 0 amide bonds. The Morgan fingerprint density at radius 3 is 2.05 bits per heavy atom. The average molecular weight is 302 g/mol. The molecule has 118 valence electrons. The molecule has 4 nitrogen and oxygen atoms in total. The maximum absolute atomic E-state index is 12.0. The first kappa shape index (κ1) is 16.2. The molecule has 0 heterocycles. The molecule has 0 spiro atoms. The van der Waals surface area contributed by atoms with E-state index in [1.165, 1.54) is 51.4 Å². The van der Waals surface area contributed by atoms with Gasteiger partial charge in [-0.3, -0.25) is 0 Å². The van der Waals surface area contributed by atoms with Gasteiger partial charge in [0.15, 0.2) is 0 Å². The molecule has 5 heteroatoms. The van der Waals surface area contributed by atoms with Gasteiger partial charge < -0.3 is 5.32 Å². The minimum absolute atomic E-state index is 0.330. The summed E-state index contributed by atoms with van der Waals surface area (Å²) in [6, 6.07) is 0.594. The largest absolute Gasteiger partial charge is 0.313 e. The van der Waals surface area contributed by atoms with Crippen molar-refractivity contribution >= 4 is 10.0 Å². The number of sulfonamides is 1. The van der Waals surface area contributed by atoms with Gasteiger partial charge in [0, 0.05) is 19.1 Å². The van der Waals surface area contributed by atoms with Gasteiger partial charge in [0.05, 0.1) is 5.75 Å². The summed E-state index contributed by atoms with van der Waals surface area (Å²) in [7, 11) is -3.07. The van der Waals surface area contributed by atoms with Crippen molar-refractivity contribution in [2.24, 2.45) is 5.92 Å². The van der Waals surface area contributed by atoms with Gasteiger partial charge in [-0.25, -0.2) is 13.1 Å². The summed E-state index contributed by atoms with van der Waals surface area (Å²) >= 11 is 0. The van der Waals surface area contributed by atoms with E-state index in [0.29, 0.717) is 24.3 Å². The summed E-state index contributed by atoms with van der Waals surface area (Å²) in [5, 5.41) is 3.50. The van der Waals surface area contributed by atoms with Gasteiger partial charge in [0.25, 0.3) is 0 Å². The fraction of sp³-hybridized carbons (Fsp3) is 1.00. The zero-order chi connectivity index (χ0) is 14.3. The predicted octanol–water partition coefficient (Wildman–Crippen LogP) is 2.41. The SMILES string of the molecule is O=S(=O)(CC1CCCC1)NCCNC1CCCCCC1. The van der Waals surface area contributed by atoms with Gasteiger partial charge in [-0.15, -0.1) is 0 Å². The van der Waals surface area contributed by atoms with Crippen molar-refractivity contribution in [3.63, 3.8) is 0 Å². The van der Waals surface area contributed by atoms with E-state index in [4.69, 9.17) is 0 Å². The summed E-state index contributed by atoms with van der Waals surface area (Å²) in [5.74, 6) is 0.721. The molecule has 0 aromatic carbocycles. The molecule has 0 aliphatic heterocycles. The average Bonchev–Trinajstić information content (AvgIpc) is 2.76. The van der Waals surface area contributed by atoms with Crippen LogP contribution in [0.2, 0.25) is 0 Å². The Labute approximate surface area is 124 Å². The monoisotopic (exact) mass is 302 g/mol. The van der Waals surface area contributed by atoms with Crippen molar-refractivity contribution in [2.75, 3.05) is 18.8 Å². The fourth-order valence-corrected chi connectivity index (χ4v) is 5.00. The normalized spacial score (nSPS) is 23.0. The molecule has 0 unspecified atom stereocenters. The molecule has 2 saturated carbocycles. The van der Waals surface area contributed by atoms with Gasteiger partial charge in [-0.1, -0.05) is 38.5 Å². The highest BCUT2D eigenvalue weighted by Crippen LogP contribution is 2.25. The van der Waals surface area contributed by atoms with Crippen molar-refractivity contribution < 1.29 is 8.42 Å². The highest BCUT2D eigenvalue weighted by Gasteiger charge is 2.22. The zero-order valence-electron chi connectivity index (χ0n) is 12.6. The lowest BCUT2D eigenvalue weighted by Crippen LogP contribution is -2.38. The summed E-state index contributed by atoms with van der Waals surface area (Å²) in [6.07, 6.45) is 12.4. The van der Waals surface area contributed by atoms with Crippen LogP contribution in [0.1, 0.15) is 64.2 Å². The van der Waals surface area contributed by atoms with Crippen LogP contribution in [0.15, 0.2) is 0 Å². The fourth-order valence-electron chi connectivity index (χ4n) is 3.51. The second kappa shape index (κ2) is 8.35. The Balaban J connectivity index is 1.59. The molecule has 2 fully saturated rings. The lowest BCUT2D eigenvalue weighted by Gasteiger charge is -2.17. The maximum Gasteiger partial charge on any atom is 0.211 e. The van der Waals surface area contributed by atoms with E-state index in [2.05, 4.69) is 10.0 Å². The Bertz CT molecular complexity index is 356. The summed E-state index contributed by atoms with van der Waals surface area (Å²) in [5.41, 5.74) is 0. The van der Waals surface area contributed by atoms with Gasteiger partial charge >= 0.3 is 0 Å². The molecule has 2 aliphatic rings. The van der Waals surface area contributed by atoms with Crippen molar-refractivity contribution in [1.29, 1.82) is 0 Å². The number of rotatable bonds is 7. The van der Waals surface area contributed by atoms with Crippen LogP contribution in [-0.4, -0.2) is 33.3 Å². The number of nitrogens with one attached hydrogen (secondary N) is 2. The third-order valence-corrected chi connectivity index (χ3v) is 6.22. The minimum atomic E-state index is -3.07. The van der Waals surface area contributed by atoms with Crippen LogP contribution in [0.3, 0.4) is 0 Å². The minimum Gasteiger partial charge on any atom is -0.313 e. The van der Waals surface area contributed by atoms with Gasteiger partial charge in [0.2, 0.25) is 10.0 Å². The first-order valence-corrected chi connectivity index (χ1v) is 10.0. The first-order chi connectivity index (χ1) is 9.66. The van der Waals surface area contributed by atoms with Crippen LogP contribution in [0.25, 0.3) is 0 Å². The van der Waals surface area contributed by atoms with E-state index in [-0.39, 0.29) is 0 Å². The van der Waals surface area contributed by atoms with Crippen molar-refractivity contribution in [2.45, 2.75) is 70.3 Å². The number of hydrogen-bond acceptors (Lipinski definition) is 3. The molecule has 2 N–H and O–H groups in total. The van der Waals surface area contributed by atoms with E-state index < -0.39 is 10.0 Å².